The smallest absolute Gasteiger partial charge is 0.201 e. The minimum Gasteiger partial charge on any atom is -0.440 e. The average molecular weight is 282 g/mol. The molecule has 4 saturated carbocycles. The highest BCUT2D eigenvalue weighted by molar-refractivity contribution is 5.85. The summed E-state index contributed by atoms with van der Waals surface area (Å²) in [6.07, 6.45) is 8.04. The number of rotatable bonds is 1. The topological polar surface area (TPSA) is 52.0 Å². The second-order valence-corrected chi connectivity index (χ2v) is 8.27. The van der Waals surface area contributed by atoms with E-state index in [9.17, 15) is 0 Å². The first-order valence-corrected chi connectivity index (χ1v) is 8.21. The molecule has 3 nitrogen and oxygen atoms in total. The van der Waals surface area contributed by atoms with Crippen LogP contribution in [0.25, 0.3) is 11.1 Å². The Kier molecular flexibility index (Phi) is 2.09. The van der Waals surface area contributed by atoms with E-state index in [0.29, 0.717) is 5.41 Å². The fraction of sp³-hybridized carbons (Fsp3) is 0.611. The fourth-order valence-electron chi connectivity index (χ4n) is 6.17. The molecular weight excluding hydrogens is 260 g/mol. The number of nitrogens with zero attached hydrogens (tertiary/aromatic N) is 1. The molecule has 0 saturated heterocycles. The van der Waals surface area contributed by atoms with Crippen molar-refractivity contribution >= 4 is 16.8 Å². The monoisotopic (exact) mass is 282 g/mol. The van der Waals surface area contributed by atoms with Gasteiger partial charge in [-0.05, 0) is 67.9 Å². The minimum absolute atomic E-state index is 0.185. The third kappa shape index (κ3) is 1.58. The Morgan fingerprint density at radius 3 is 2.62 bits per heavy atom. The molecule has 2 N–H and O–H groups in total. The van der Waals surface area contributed by atoms with Crippen molar-refractivity contribution in [1.29, 1.82) is 0 Å². The largest absolute Gasteiger partial charge is 0.440 e. The van der Waals surface area contributed by atoms with Crippen LogP contribution in [0.5, 0.6) is 0 Å². The Labute approximate surface area is 124 Å². The van der Waals surface area contributed by atoms with Gasteiger partial charge in [-0.25, -0.2) is 4.98 Å². The van der Waals surface area contributed by atoms with Crippen molar-refractivity contribution in [3.8, 4) is 0 Å². The highest BCUT2D eigenvalue weighted by Crippen LogP contribution is 2.65. The molecule has 2 aromatic rings. The predicted octanol–water partition coefficient (Wildman–Crippen LogP) is 4.27. The maximum Gasteiger partial charge on any atom is 0.201 e. The van der Waals surface area contributed by atoms with Gasteiger partial charge < -0.3 is 10.2 Å². The maximum absolute atomic E-state index is 6.19. The third-order valence-electron chi connectivity index (χ3n) is 6.26. The van der Waals surface area contributed by atoms with E-state index in [1.165, 1.54) is 38.5 Å². The lowest BCUT2D eigenvalue weighted by Crippen LogP contribution is -2.53. The molecule has 4 aliphatic carbocycles. The van der Waals surface area contributed by atoms with Crippen LogP contribution in [-0.2, 0) is 5.41 Å². The van der Waals surface area contributed by atoms with Crippen molar-refractivity contribution in [3.05, 3.63) is 24.1 Å². The first kappa shape index (κ1) is 12.1. The van der Waals surface area contributed by atoms with Crippen molar-refractivity contribution in [3.63, 3.8) is 0 Å². The molecule has 0 aliphatic heterocycles. The van der Waals surface area contributed by atoms with E-state index in [-0.39, 0.29) is 5.41 Å². The normalized spacial score (nSPS) is 41.0. The molecule has 6 rings (SSSR count). The van der Waals surface area contributed by atoms with Crippen molar-refractivity contribution < 1.29 is 4.42 Å². The molecule has 1 aromatic heterocycles. The van der Waals surface area contributed by atoms with E-state index in [1.54, 1.807) is 0 Å². The van der Waals surface area contributed by atoms with E-state index < -0.39 is 0 Å². The number of anilines is 1. The van der Waals surface area contributed by atoms with Gasteiger partial charge in [0.1, 0.15) is 5.52 Å². The fourth-order valence-corrected chi connectivity index (χ4v) is 6.17. The molecule has 0 spiro atoms. The van der Waals surface area contributed by atoms with Gasteiger partial charge in [-0.2, -0.15) is 0 Å². The summed E-state index contributed by atoms with van der Waals surface area (Å²) in [5.41, 5.74) is 9.20. The maximum atomic E-state index is 6.19. The molecule has 1 aromatic carbocycles. The van der Waals surface area contributed by atoms with Crippen molar-refractivity contribution in [2.75, 3.05) is 5.73 Å². The average Bonchev–Trinajstić information content (AvgIpc) is 2.82. The van der Waals surface area contributed by atoms with Crippen LogP contribution in [0.4, 0.5) is 5.69 Å². The van der Waals surface area contributed by atoms with Crippen LogP contribution < -0.4 is 5.73 Å². The number of oxazole rings is 1. The lowest BCUT2D eigenvalue weighted by Gasteiger charge is -2.60. The van der Waals surface area contributed by atoms with Crippen LogP contribution >= 0.6 is 0 Å². The van der Waals surface area contributed by atoms with E-state index in [2.05, 4.69) is 6.92 Å². The van der Waals surface area contributed by atoms with Crippen LogP contribution in [0.3, 0.4) is 0 Å². The van der Waals surface area contributed by atoms with E-state index in [0.717, 1.165) is 34.5 Å². The number of fused-ring (bicyclic) bond motifs is 1. The summed E-state index contributed by atoms with van der Waals surface area (Å²) in [5.74, 6) is 2.72. The van der Waals surface area contributed by atoms with Crippen LogP contribution in [0.15, 0.2) is 22.6 Å². The number of hydrogen-bond donors (Lipinski definition) is 1. The summed E-state index contributed by atoms with van der Waals surface area (Å²) in [6.45, 7) is 2.48. The summed E-state index contributed by atoms with van der Waals surface area (Å²) in [5, 5.41) is 0. The van der Waals surface area contributed by atoms with E-state index in [4.69, 9.17) is 15.1 Å². The zero-order valence-electron chi connectivity index (χ0n) is 12.6. The summed E-state index contributed by atoms with van der Waals surface area (Å²) in [6, 6.07) is 5.85. The molecule has 1 heterocycles. The zero-order chi connectivity index (χ0) is 14.2. The van der Waals surface area contributed by atoms with Gasteiger partial charge in [-0.3, -0.25) is 0 Å². The van der Waals surface area contributed by atoms with Gasteiger partial charge in [-0.15, -0.1) is 0 Å². The van der Waals surface area contributed by atoms with Gasteiger partial charge in [-0.1, -0.05) is 13.0 Å². The summed E-state index contributed by atoms with van der Waals surface area (Å²) >= 11 is 0. The Morgan fingerprint density at radius 2 is 1.95 bits per heavy atom. The second kappa shape index (κ2) is 3.63. The zero-order valence-corrected chi connectivity index (χ0v) is 12.6. The van der Waals surface area contributed by atoms with Crippen LogP contribution in [0, 0.1) is 17.3 Å². The Balaban J connectivity index is 1.66. The SMILES string of the molecule is CC12CC3CC(C1)CC(c1nc4c(N)cccc4o1)(C3)C2. The number of aromatic nitrogens is 1. The third-order valence-corrected chi connectivity index (χ3v) is 6.26. The van der Waals surface area contributed by atoms with Gasteiger partial charge >= 0.3 is 0 Å². The minimum atomic E-state index is 0.185. The van der Waals surface area contributed by atoms with Gasteiger partial charge in [0.25, 0.3) is 0 Å². The van der Waals surface area contributed by atoms with Crippen LogP contribution in [0.1, 0.15) is 51.3 Å². The highest BCUT2D eigenvalue weighted by Gasteiger charge is 2.58. The second-order valence-electron chi connectivity index (χ2n) is 8.27. The molecule has 3 heteroatoms. The van der Waals surface area contributed by atoms with Crippen LogP contribution in [-0.4, -0.2) is 4.98 Å². The van der Waals surface area contributed by atoms with Gasteiger partial charge in [0.2, 0.25) is 5.89 Å². The lowest BCUT2D eigenvalue weighted by molar-refractivity contribution is -0.0704. The molecule has 4 bridgehead atoms. The Bertz CT molecular complexity index is 718. The van der Waals surface area contributed by atoms with Crippen molar-refractivity contribution in [2.24, 2.45) is 17.3 Å². The number of para-hydroxylation sites is 1. The highest BCUT2D eigenvalue weighted by atomic mass is 16.3. The molecular formula is C18H22N2O. The molecule has 110 valence electrons. The number of nitrogen functional groups attached to an aromatic ring is 1. The van der Waals surface area contributed by atoms with Crippen molar-refractivity contribution in [1.82, 2.24) is 4.98 Å². The van der Waals surface area contributed by atoms with Gasteiger partial charge in [0, 0.05) is 5.41 Å². The molecule has 21 heavy (non-hydrogen) atoms. The van der Waals surface area contributed by atoms with Crippen molar-refractivity contribution in [2.45, 2.75) is 50.9 Å². The van der Waals surface area contributed by atoms with E-state index in [1.807, 2.05) is 18.2 Å². The van der Waals surface area contributed by atoms with Crippen LogP contribution in [0.2, 0.25) is 0 Å². The standard InChI is InChI=1S/C18H22N2O/c1-17-6-11-5-12(7-17)9-18(8-11,10-17)16-20-15-13(19)3-2-4-14(15)21-16/h2-4,11-12H,5-10,19H2,1H3. The number of nitrogens with two attached hydrogens (primary N) is 1. The number of benzene rings is 1. The summed E-state index contributed by atoms with van der Waals surface area (Å²) in [7, 11) is 0. The van der Waals surface area contributed by atoms with Gasteiger partial charge in [0.15, 0.2) is 5.58 Å². The molecule has 2 atom stereocenters. The molecule has 0 amide bonds. The molecule has 4 fully saturated rings. The summed E-state index contributed by atoms with van der Waals surface area (Å²) < 4.78 is 6.19. The Morgan fingerprint density at radius 1 is 1.19 bits per heavy atom. The molecule has 0 radical (unpaired) electrons. The molecule has 4 aliphatic rings. The first-order chi connectivity index (χ1) is 10.1. The summed E-state index contributed by atoms with van der Waals surface area (Å²) in [4.78, 5) is 4.84. The van der Waals surface area contributed by atoms with E-state index >= 15 is 0 Å². The Hall–Kier alpha value is -1.51. The van der Waals surface area contributed by atoms with Gasteiger partial charge in [0.05, 0.1) is 5.69 Å². The first-order valence-electron chi connectivity index (χ1n) is 8.21. The predicted molar refractivity (Wildman–Crippen MR) is 82.9 cm³/mol. The number of hydrogen-bond acceptors (Lipinski definition) is 3. The molecule has 2 unspecified atom stereocenters. The quantitative estimate of drug-likeness (QED) is 0.795. The lowest BCUT2D eigenvalue weighted by atomic mass is 9.44.